The van der Waals surface area contributed by atoms with E-state index in [9.17, 15) is 13.2 Å². The predicted molar refractivity (Wildman–Crippen MR) is 82.8 cm³/mol. The number of imidazole rings is 1. The van der Waals surface area contributed by atoms with Crippen LogP contribution in [-0.2, 0) is 12.7 Å². The number of halogens is 3. The summed E-state index contributed by atoms with van der Waals surface area (Å²) in [6.45, 7) is 7.46. The minimum Gasteiger partial charge on any atom is -0.359 e. The molecule has 0 fully saturated rings. The van der Waals surface area contributed by atoms with Gasteiger partial charge >= 0.3 is 6.18 Å². The van der Waals surface area contributed by atoms with Gasteiger partial charge in [-0.05, 0) is 17.7 Å². The molecule has 122 valence electrons. The van der Waals surface area contributed by atoms with Gasteiger partial charge in [0.2, 0.25) is 5.65 Å². The van der Waals surface area contributed by atoms with Crippen molar-refractivity contribution >= 4 is 17.3 Å². The first-order valence-corrected chi connectivity index (χ1v) is 6.97. The Kier molecular flexibility index (Phi) is 3.85. The van der Waals surface area contributed by atoms with Gasteiger partial charge in [-0.15, -0.1) is 0 Å². The molecule has 0 aliphatic carbocycles. The molecule has 0 spiro atoms. The molecule has 2 heterocycles. The zero-order chi connectivity index (χ0) is 17.3. The topological polar surface area (TPSA) is 37.8 Å². The van der Waals surface area contributed by atoms with Crippen molar-refractivity contribution in [1.82, 2.24) is 14.4 Å². The summed E-state index contributed by atoms with van der Waals surface area (Å²) < 4.78 is 39.5. The molecule has 24 heavy (non-hydrogen) atoms. The number of fused-ring (bicyclic) bond motifs is 1. The van der Waals surface area contributed by atoms with Gasteiger partial charge in [0.25, 0.3) is 11.6 Å². The zero-order valence-corrected chi connectivity index (χ0v) is 12.6. The van der Waals surface area contributed by atoms with E-state index in [2.05, 4.69) is 14.8 Å². The number of hydrogen-bond acceptors (Lipinski definition) is 3. The Balaban J connectivity index is 1.89. The number of nitrogens with zero attached hydrogens (tertiary/aromatic N) is 5. The van der Waals surface area contributed by atoms with E-state index in [1.807, 2.05) is 0 Å². The number of benzene rings is 1. The third kappa shape index (κ3) is 3.01. The van der Waals surface area contributed by atoms with Crippen LogP contribution in [0.4, 0.5) is 24.8 Å². The maximum absolute atomic E-state index is 12.6. The van der Waals surface area contributed by atoms with Crippen LogP contribution in [0.15, 0.2) is 42.9 Å². The molecule has 0 N–H and O–H groups in total. The highest BCUT2D eigenvalue weighted by atomic mass is 19.4. The van der Waals surface area contributed by atoms with E-state index in [1.165, 1.54) is 12.1 Å². The molecule has 0 bridgehead atoms. The highest BCUT2D eigenvalue weighted by molar-refractivity contribution is 5.66. The molecule has 5 nitrogen and oxygen atoms in total. The van der Waals surface area contributed by atoms with Crippen LogP contribution >= 0.6 is 0 Å². The summed E-state index contributed by atoms with van der Waals surface area (Å²) in [4.78, 5) is 13.5. The highest BCUT2D eigenvalue weighted by Crippen LogP contribution is 2.29. The van der Waals surface area contributed by atoms with Gasteiger partial charge in [-0.2, -0.15) is 13.2 Å². The molecule has 3 aromatic rings. The van der Waals surface area contributed by atoms with Crippen molar-refractivity contribution in [1.29, 1.82) is 0 Å². The summed E-state index contributed by atoms with van der Waals surface area (Å²) in [5.41, 5.74) is 0.597. The van der Waals surface area contributed by atoms with E-state index >= 15 is 0 Å². The van der Waals surface area contributed by atoms with Crippen molar-refractivity contribution in [3.05, 3.63) is 65.4 Å². The van der Waals surface area contributed by atoms with Gasteiger partial charge in [0, 0.05) is 32.2 Å². The van der Waals surface area contributed by atoms with Crippen LogP contribution in [0.5, 0.6) is 0 Å². The van der Waals surface area contributed by atoms with Crippen molar-refractivity contribution in [3.8, 4) is 0 Å². The maximum atomic E-state index is 12.6. The van der Waals surface area contributed by atoms with Crippen molar-refractivity contribution in [2.45, 2.75) is 12.7 Å². The van der Waals surface area contributed by atoms with E-state index in [4.69, 9.17) is 6.57 Å². The number of hydrogen-bond donors (Lipinski definition) is 0. The highest BCUT2D eigenvalue weighted by Gasteiger charge is 2.30. The minimum atomic E-state index is -4.35. The SMILES string of the molecule is [C-]#[N+]c1cn2ccnc2c(N(C)Cc2ccc(C(F)(F)F)cc2)n1. The van der Waals surface area contributed by atoms with E-state index < -0.39 is 11.7 Å². The van der Waals surface area contributed by atoms with Crippen LogP contribution in [0.25, 0.3) is 10.5 Å². The average Bonchev–Trinajstić information content (AvgIpc) is 3.01. The first kappa shape index (κ1) is 15.8. The second-order valence-electron chi connectivity index (χ2n) is 5.24. The molecular formula is C16H12F3N5. The van der Waals surface area contributed by atoms with Gasteiger partial charge in [-0.1, -0.05) is 23.7 Å². The van der Waals surface area contributed by atoms with Crippen molar-refractivity contribution in [2.75, 3.05) is 11.9 Å². The Morgan fingerprint density at radius 2 is 1.96 bits per heavy atom. The smallest absolute Gasteiger partial charge is 0.359 e. The number of alkyl halides is 3. The Morgan fingerprint density at radius 1 is 1.25 bits per heavy atom. The standard InChI is InChI=1S/C16H12F3N5/c1-20-13-10-24-8-7-21-14(24)15(22-13)23(2)9-11-3-5-12(6-4-11)16(17,18)19/h3-8,10H,9H2,2H3. The third-order valence-corrected chi connectivity index (χ3v) is 3.52. The summed E-state index contributed by atoms with van der Waals surface area (Å²) in [5, 5.41) is 0. The van der Waals surface area contributed by atoms with E-state index in [0.717, 1.165) is 12.1 Å². The van der Waals surface area contributed by atoms with Crippen LogP contribution in [0.2, 0.25) is 0 Å². The fourth-order valence-corrected chi connectivity index (χ4v) is 2.36. The summed E-state index contributed by atoms with van der Waals surface area (Å²) >= 11 is 0. The molecule has 8 heteroatoms. The zero-order valence-electron chi connectivity index (χ0n) is 12.6. The first-order chi connectivity index (χ1) is 11.4. The Labute approximate surface area is 135 Å². The molecule has 0 aliphatic heterocycles. The Hall–Kier alpha value is -3.08. The van der Waals surface area contributed by atoms with Crippen molar-refractivity contribution in [2.24, 2.45) is 0 Å². The van der Waals surface area contributed by atoms with Gasteiger partial charge in [0.15, 0.2) is 0 Å². The molecular weight excluding hydrogens is 319 g/mol. The first-order valence-electron chi connectivity index (χ1n) is 6.97. The second kappa shape index (κ2) is 5.85. The lowest BCUT2D eigenvalue weighted by molar-refractivity contribution is -0.137. The van der Waals surface area contributed by atoms with E-state index in [1.54, 1.807) is 34.9 Å². The molecule has 0 amide bonds. The van der Waals surface area contributed by atoms with Crippen LogP contribution in [0, 0.1) is 6.57 Å². The van der Waals surface area contributed by atoms with Crippen molar-refractivity contribution in [3.63, 3.8) is 0 Å². The normalized spacial score (nSPS) is 11.5. The fraction of sp³-hybridized carbons (Fsp3) is 0.188. The largest absolute Gasteiger partial charge is 0.416 e. The van der Waals surface area contributed by atoms with Gasteiger partial charge in [-0.3, -0.25) is 0 Å². The lowest BCUT2D eigenvalue weighted by Gasteiger charge is -2.17. The summed E-state index contributed by atoms with van der Waals surface area (Å²) in [6, 6.07) is 4.97. The van der Waals surface area contributed by atoms with Gasteiger partial charge in [0.05, 0.1) is 5.56 Å². The van der Waals surface area contributed by atoms with E-state index in [-0.39, 0.29) is 5.82 Å². The molecule has 0 saturated carbocycles. The third-order valence-electron chi connectivity index (χ3n) is 3.52. The van der Waals surface area contributed by atoms with Crippen molar-refractivity contribution < 1.29 is 13.2 Å². The lowest BCUT2D eigenvalue weighted by atomic mass is 10.1. The summed E-state index contributed by atoms with van der Waals surface area (Å²) in [7, 11) is 1.75. The molecule has 1 aromatic carbocycles. The summed E-state index contributed by atoms with van der Waals surface area (Å²) in [6.07, 6.45) is 0.532. The predicted octanol–water partition coefficient (Wildman–Crippen LogP) is 3.94. The Morgan fingerprint density at radius 3 is 2.58 bits per heavy atom. The van der Waals surface area contributed by atoms with Gasteiger partial charge in [0.1, 0.15) is 0 Å². The van der Waals surface area contributed by atoms with Crippen LogP contribution in [0.1, 0.15) is 11.1 Å². The molecule has 3 rings (SSSR count). The number of anilines is 1. The lowest BCUT2D eigenvalue weighted by Crippen LogP contribution is -2.19. The van der Waals surface area contributed by atoms with Crippen LogP contribution in [-0.4, -0.2) is 21.4 Å². The maximum Gasteiger partial charge on any atom is 0.416 e. The molecule has 2 aromatic heterocycles. The molecule has 0 unspecified atom stereocenters. The fourth-order valence-electron chi connectivity index (χ4n) is 2.36. The molecule has 0 saturated heterocycles. The van der Waals surface area contributed by atoms with Gasteiger partial charge < -0.3 is 14.1 Å². The molecule has 0 atom stereocenters. The second-order valence-corrected chi connectivity index (χ2v) is 5.24. The number of rotatable bonds is 3. The monoisotopic (exact) mass is 331 g/mol. The average molecular weight is 331 g/mol. The minimum absolute atomic E-state index is 0.217. The van der Waals surface area contributed by atoms with E-state index in [0.29, 0.717) is 23.6 Å². The quantitative estimate of drug-likeness (QED) is 0.683. The number of aromatic nitrogens is 3. The van der Waals surface area contributed by atoms with Gasteiger partial charge in [-0.25, -0.2) is 4.98 Å². The molecule has 0 radical (unpaired) electrons. The van der Waals surface area contributed by atoms with Crippen LogP contribution < -0.4 is 4.90 Å². The van der Waals surface area contributed by atoms with Crippen LogP contribution in [0.3, 0.4) is 0 Å². The summed E-state index contributed by atoms with van der Waals surface area (Å²) in [5.74, 6) is 0.711. The Bertz CT molecular complexity index is 906. The molecule has 0 aliphatic rings.